The second kappa shape index (κ2) is 9.12. The quantitative estimate of drug-likeness (QED) is 0.239. The maximum atomic E-state index is 13.8. The second-order valence-corrected chi connectivity index (χ2v) is 10.4. The van der Waals surface area contributed by atoms with E-state index < -0.39 is 82.7 Å². The van der Waals surface area contributed by atoms with Gasteiger partial charge in [-0.15, -0.1) is 0 Å². The van der Waals surface area contributed by atoms with E-state index in [4.69, 9.17) is 16.2 Å². The molecular weight excluding hydrogens is 508 g/mol. The monoisotopic (exact) mass is 534 g/mol. The number of phenolic OH excluding ortho intramolecular Hbond substituents is 1. The summed E-state index contributed by atoms with van der Waals surface area (Å²) in [6.45, 7) is 1.67. The van der Waals surface area contributed by atoms with Crippen molar-refractivity contribution in [1.29, 1.82) is 0 Å². The molecule has 0 radical (unpaired) electrons. The number of rotatable bonds is 4. The number of aromatic hydroxyl groups is 1. The highest BCUT2D eigenvalue weighted by Gasteiger charge is 2.71. The van der Waals surface area contributed by atoms with Crippen LogP contribution in [0.25, 0.3) is 0 Å². The summed E-state index contributed by atoms with van der Waals surface area (Å²) in [6.07, 6.45) is -2.33. The smallest absolute Gasteiger partial charge is 0.310 e. The summed E-state index contributed by atoms with van der Waals surface area (Å²) in [7, 11) is 0. The molecule has 2 saturated carbocycles. The second-order valence-electron chi connectivity index (χ2n) is 10.4. The number of nitrogen functional groups attached to an aromatic ring is 1. The van der Waals surface area contributed by atoms with Crippen LogP contribution in [0.15, 0.2) is 42.5 Å². The Hall–Kier alpha value is -4.38. The summed E-state index contributed by atoms with van der Waals surface area (Å²) >= 11 is 0. The number of amides is 1. The molecule has 11 heteroatoms. The molecule has 2 aromatic rings. The summed E-state index contributed by atoms with van der Waals surface area (Å²) in [6, 6.07) is 10.8. The number of carbonyl (C=O) groups excluding carboxylic acids is 6. The van der Waals surface area contributed by atoms with Crippen molar-refractivity contribution in [2.24, 2.45) is 29.4 Å². The number of hydrogen-bond acceptors (Lipinski definition) is 10. The lowest BCUT2D eigenvalue weighted by Gasteiger charge is -2.53. The van der Waals surface area contributed by atoms with Crippen molar-refractivity contribution in [3.63, 3.8) is 0 Å². The Morgan fingerprint density at radius 1 is 1.05 bits per heavy atom. The van der Waals surface area contributed by atoms with Gasteiger partial charge in [-0.3, -0.25) is 28.8 Å². The molecule has 7 atom stereocenters. The average Bonchev–Trinajstić information content (AvgIpc) is 2.87. The topological polar surface area (TPSA) is 204 Å². The number of ether oxygens (including phenoxy) is 1. The van der Waals surface area contributed by atoms with Gasteiger partial charge < -0.3 is 26.4 Å². The molecule has 0 aromatic heterocycles. The lowest BCUT2D eigenvalue weighted by Crippen LogP contribution is -2.73. The zero-order valence-electron chi connectivity index (χ0n) is 20.8. The Labute approximate surface area is 222 Å². The Bertz CT molecular complexity index is 1450. The minimum atomic E-state index is -2.99. The molecule has 0 heterocycles. The van der Waals surface area contributed by atoms with Gasteiger partial charge in [-0.2, -0.15) is 0 Å². The maximum absolute atomic E-state index is 13.8. The minimum absolute atomic E-state index is 0.139. The first-order valence-electron chi connectivity index (χ1n) is 12.4. The van der Waals surface area contributed by atoms with Gasteiger partial charge in [0.1, 0.15) is 11.9 Å². The fourth-order valence-corrected chi connectivity index (χ4v) is 6.44. The summed E-state index contributed by atoms with van der Waals surface area (Å²) in [5.74, 6) is -14.0. The zero-order chi connectivity index (χ0) is 28.4. The number of benzene rings is 2. The van der Waals surface area contributed by atoms with E-state index >= 15 is 0 Å². The van der Waals surface area contributed by atoms with E-state index in [9.17, 15) is 39.0 Å². The van der Waals surface area contributed by atoms with E-state index in [1.165, 1.54) is 12.1 Å². The third-order valence-corrected chi connectivity index (χ3v) is 8.29. The van der Waals surface area contributed by atoms with Gasteiger partial charge in [0.05, 0.1) is 17.9 Å². The van der Waals surface area contributed by atoms with Gasteiger partial charge >= 0.3 is 5.97 Å². The van der Waals surface area contributed by atoms with E-state index in [0.29, 0.717) is 16.8 Å². The number of esters is 1. The predicted molar refractivity (Wildman–Crippen MR) is 133 cm³/mol. The van der Waals surface area contributed by atoms with Gasteiger partial charge in [0.2, 0.25) is 5.91 Å². The van der Waals surface area contributed by atoms with Crippen molar-refractivity contribution >= 4 is 40.7 Å². The molecule has 3 aliphatic carbocycles. The summed E-state index contributed by atoms with van der Waals surface area (Å²) in [5.41, 5.74) is 9.23. The van der Waals surface area contributed by atoms with Crippen LogP contribution in [0.2, 0.25) is 0 Å². The van der Waals surface area contributed by atoms with Gasteiger partial charge in [0.15, 0.2) is 34.7 Å². The van der Waals surface area contributed by atoms with E-state index in [2.05, 4.69) is 0 Å². The first-order chi connectivity index (χ1) is 18.4. The number of anilines is 1. The Morgan fingerprint density at radius 3 is 2.36 bits per heavy atom. The number of phenols is 1. The molecule has 11 nitrogen and oxygen atoms in total. The van der Waals surface area contributed by atoms with Crippen LogP contribution in [-0.4, -0.2) is 56.9 Å². The molecule has 2 unspecified atom stereocenters. The van der Waals surface area contributed by atoms with E-state index in [-0.39, 0.29) is 17.7 Å². The van der Waals surface area contributed by atoms with Crippen LogP contribution in [0.3, 0.4) is 0 Å². The molecule has 6 N–H and O–H groups in total. The molecule has 3 aliphatic rings. The van der Waals surface area contributed by atoms with Gasteiger partial charge in [-0.05, 0) is 35.2 Å². The van der Waals surface area contributed by atoms with Crippen LogP contribution in [0.5, 0.6) is 5.75 Å². The van der Waals surface area contributed by atoms with E-state index in [0.717, 1.165) is 0 Å². The van der Waals surface area contributed by atoms with Crippen molar-refractivity contribution < 1.29 is 43.7 Å². The van der Waals surface area contributed by atoms with Crippen LogP contribution < -0.4 is 11.5 Å². The molecular formula is C28H26N2O9. The first kappa shape index (κ1) is 26.2. The van der Waals surface area contributed by atoms with Gasteiger partial charge in [0.25, 0.3) is 0 Å². The Balaban J connectivity index is 1.63. The highest BCUT2D eigenvalue weighted by Crippen LogP contribution is 2.54. The van der Waals surface area contributed by atoms with Crippen molar-refractivity contribution in [3.8, 4) is 5.75 Å². The average molecular weight is 535 g/mol. The van der Waals surface area contributed by atoms with Crippen LogP contribution in [-0.2, 0) is 35.1 Å². The predicted octanol–water partition coefficient (Wildman–Crippen LogP) is 0.235. The molecule has 39 heavy (non-hydrogen) atoms. The fourth-order valence-electron chi connectivity index (χ4n) is 6.44. The number of carbonyl (C=O) groups is 6. The van der Waals surface area contributed by atoms with Gasteiger partial charge in [-0.25, -0.2) is 0 Å². The number of hydrogen-bond donors (Lipinski definition) is 4. The normalized spacial score (nSPS) is 31.6. The highest BCUT2D eigenvalue weighted by atomic mass is 16.5. The number of ketones is 4. The van der Waals surface area contributed by atoms with Crippen molar-refractivity contribution in [3.05, 3.63) is 59.2 Å². The highest BCUT2D eigenvalue weighted by molar-refractivity contribution is 6.31. The summed E-state index contributed by atoms with van der Waals surface area (Å²) in [4.78, 5) is 78.8. The summed E-state index contributed by atoms with van der Waals surface area (Å²) in [5, 5.41) is 22.1. The number of fused-ring (bicyclic) bond motifs is 3. The lowest BCUT2D eigenvalue weighted by molar-refractivity contribution is -0.198. The van der Waals surface area contributed by atoms with Crippen LogP contribution in [0, 0.1) is 23.7 Å². The molecule has 2 aromatic carbocycles. The number of Topliss-reactive ketones (excluding diaryl/α,β-unsaturated/α-hetero) is 4. The molecule has 2 fully saturated rings. The Kier molecular flexibility index (Phi) is 6.14. The van der Waals surface area contributed by atoms with Gasteiger partial charge in [0, 0.05) is 23.9 Å². The third kappa shape index (κ3) is 3.84. The maximum Gasteiger partial charge on any atom is 0.310 e. The molecule has 0 spiro atoms. The van der Waals surface area contributed by atoms with Crippen LogP contribution in [0.4, 0.5) is 5.69 Å². The SMILES string of the molecule is C[C@H]1c2cccc(O)c2C(=O)C2C(=O)[C@]3(O)C(=O)C(C(N)=O)C(=O)C[C@@H]3[C@@H](OC(=O)Cc3ccc(N)cc3)[C@@H]21. The third-order valence-electron chi connectivity index (χ3n) is 8.29. The standard InChI is InChI=1S/C28H26N2O9/c1-11-14-3-2-4-16(31)20(14)23(34)22-19(11)24(39-18(33)9-12-5-7-13(29)8-6-12)15-10-17(32)21(27(30)37)25(35)28(15,38)26(22)36/h2-8,11,15,19,21-22,24,31,38H,9-10,29H2,1H3,(H2,30,37)/t11-,15+,19+,21?,22?,24+,28+/m0/s1. The van der Waals surface area contributed by atoms with Crippen molar-refractivity contribution in [2.75, 3.05) is 5.73 Å². The van der Waals surface area contributed by atoms with E-state index in [1.54, 1.807) is 37.3 Å². The lowest BCUT2D eigenvalue weighted by atomic mass is 9.50. The largest absolute Gasteiger partial charge is 0.507 e. The van der Waals surface area contributed by atoms with Crippen LogP contribution in [0.1, 0.15) is 40.7 Å². The Morgan fingerprint density at radius 2 is 1.72 bits per heavy atom. The number of primary amides is 1. The van der Waals surface area contributed by atoms with Crippen molar-refractivity contribution in [2.45, 2.75) is 37.4 Å². The molecule has 0 saturated heterocycles. The van der Waals surface area contributed by atoms with Crippen LogP contribution >= 0.6 is 0 Å². The summed E-state index contributed by atoms with van der Waals surface area (Å²) < 4.78 is 5.82. The number of nitrogens with two attached hydrogens (primary N) is 2. The van der Waals surface area contributed by atoms with Gasteiger partial charge in [-0.1, -0.05) is 31.2 Å². The molecule has 0 bridgehead atoms. The molecule has 0 aliphatic heterocycles. The minimum Gasteiger partial charge on any atom is -0.507 e. The van der Waals surface area contributed by atoms with Crippen molar-refractivity contribution in [1.82, 2.24) is 0 Å². The fraction of sp³-hybridized carbons (Fsp3) is 0.357. The van der Waals surface area contributed by atoms with E-state index in [1.807, 2.05) is 0 Å². The number of aliphatic hydroxyl groups is 1. The molecule has 202 valence electrons. The first-order valence-corrected chi connectivity index (χ1v) is 12.4. The molecule has 5 rings (SSSR count). The zero-order valence-corrected chi connectivity index (χ0v) is 20.8. The molecule has 1 amide bonds.